The fourth-order valence-electron chi connectivity index (χ4n) is 2.00. The van der Waals surface area contributed by atoms with E-state index in [1.807, 2.05) is 0 Å². The van der Waals surface area contributed by atoms with Crippen LogP contribution in [0.4, 0.5) is 26.0 Å². The molecule has 0 radical (unpaired) electrons. The Morgan fingerprint density at radius 3 is 2.62 bits per heavy atom. The molecule has 0 bridgehead atoms. The number of aromatic nitrogens is 1. The molecule has 6 heteroatoms. The minimum absolute atomic E-state index is 0.0136. The first kappa shape index (κ1) is 13.6. The summed E-state index contributed by atoms with van der Waals surface area (Å²) in [6.07, 6.45) is 0. The molecule has 0 saturated carbocycles. The van der Waals surface area contributed by atoms with E-state index in [1.165, 1.54) is 0 Å². The monoisotopic (exact) mass is 305 g/mol. The third-order valence-electron chi connectivity index (χ3n) is 2.97. The van der Waals surface area contributed by atoms with E-state index in [1.54, 1.807) is 30.3 Å². The van der Waals surface area contributed by atoms with Gasteiger partial charge in [-0.25, -0.2) is 13.8 Å². The topological polar surface area (TPSA) is 50.9 Å². The first-order valence-electron chi connectivity index (χ1n) is 6.11. The molecule has 1 aromatic heterocycles. The second kappa shape index (κ2) is 5.18. The van der Waals surface area contributed by atoms with E-state index in [0.29, 0.717) is 17.0 Å². The molecule has 0 saturated heterocycles. The number of nitrogen functional groups attached to an aromatic ring is 1. The van der Waals surface area contributed by atoms with Gasteiger partial charge in [-0.3, -0.25) is 0 Å². The maximum absolute atomic E-state index is 13.7. The molecule has 3 N–H and O–H groups in total. The molecule has 0 atom stereocenters. The van der Waals surface area contributed by atoms with E-state index in [0.717, 1.165) is 17.5 Å². The maximum Gasteiger partial charge on any atom is 0.151 e. The molecule has 2 aromatic carbocycles. The highest BCUT2D eigenvalue weighted by Gasteiger charge is 2.11. The number of hydrogen-bond acceptors (Lipinski definition) is 3. The van der Waals surface area contributed by atoms with Crippen LogP contribution in [0, 0.1) is 11.6 Å². The molecule has 106 valence electrons. The summed E-state index contributed by atoms with van der Waals surface area (Å²) in [6.45, 7) is 0. The normalized spacial score (nSPS) is 10.8. The molecule has 0 fully saturated rings. The van der Waals surface area contributed by atoms with Gasteiger partial charge < -0.3 is 11.1 Å². The van der Waals surface area contributed by atoms with Crippen molar-refractivity contribution < 1.29 is 8.78 Å². The zero-order chi connectivity index (χ0) is 15.0. The minimum atomic E-state index is -0.779. The number of halogens is 3. The largest absolute Gasteiger partial charge is 0.399 e. The average Bonchev–Trinajstić information content (AvgIpc) is 2.43. The first-order chi connectivity index (χ1) is 10.0. The number of rotatable bonds is 2. The lowest BCUT2D eigenvalue weighted by atomic mass is 10.2. The number of fused-ring (bicyclic) bond motifs is 1. The Morgan fingerprint density at radius 2 is 1.86 bits per heavy atom. The second-order valence-electron chi connectivity index (χ2n) is 4.52. The Kier molecular flexibility index (Phi) is 3.35. The molecule has 0 aliphatic heterocycles. The predicted octanol–water partition coefficient (Wildman–Crippen LogP) is 4.49. The van der Waals surface area contributed by atoms with Gasteiger partial charge in [-0.05, 0) is 36.4 Å². The van der Waals surface area contributed by atoms with Gasteiger partial charge in [-0.2, -0.15) is 0 Å². The molecule has 3 nitrogen and oxygen atoms in total. The molecule has 0 aliphatic carbocycles. The zero-order valence-electron chi connectivity index (χ0n) is 10.7. The van der Waals surface area contributed by atoms with Crippen LogP contribution >= 0.6 is 11.6 Å². The van der Waals surface area contributed by atoms with E-state index in [9.17, 15) is 8.78 Å². The van der Waals surface area contributed by atoms with Gasteiger partial charge in [0.05, 0.1) is 16.2 Å². The fourth-order valence-corrected chi connectivity index (χ4v) is 2.25. The van der Waals surface area contributed by atoms with E-state index in [-0.39, 0.29) is 10.7 Å². The Balaban J connectivity index is 2.00. The number of hydrogen-bond donors (Lipinski definition) is 2. The second-order valence-corrected chi connectivity index (χ2v) is 4.93. The minimum Gasteiger partial charge on any atom is -0.399 e. The molecule has 21 heavy (non-hydrogen) atoms. The smallest absolute Gasteiger partial charge is 0.151 e. The van der Waals surface area contributed by atoms with Gasteiger partial charge in [0.1, 0.15) is 11.6 Å². The Morgan fingerprint density at radius 1 is 1.05 bits per heavy atom. The highest BCUT2D eigenvalue weighted by molar-refractivity contribution is 6.33. The van der Waals surface area contributed by atoms with Gasteiger partial charge >= 0.3 is 0 Å². The van der Waals surface area contributed by atoms with Crippen LogP contribution in [0.25, 0.3) is 10.9 Å². The lowest BCUT2D eigenvalue weighted by Gasteiger charge is -2.10. The van der Waals surface area contributed by atoms with Crippen molar-refractivity contribution in [3.8, 4) is 0 Å². The Hall–Kier alpha value is -2.40. The Labute approximate surface area is 124 Å². The SMILES string of the molecule is Nc1ccc2nc(Nc3c(F)cc(F)cc3Cl)ccc2c1. The van der Waals surface area contributed by atoms with Crippen molar-refractivity contribution in [3.05, 3.63) is 59.1 Å². The van der Waals surface area contributed by atoms with Crippen LogP contribution in [0.2, 0.25) is 5.02 Å². The van der Waals surface area contributed by atoms with Crippen LogP contribution in [-0.2, 0) is 0 Å². The molecular formula is C15H10ClF2N3. The van der Waals surface area contributed by atoms with Crippen molar-refractivity contribution in [2.75, 3.05) is 11.1 Å². The van der Waals surface area contributed by atoms with Crippen LogP contribution in [0.15, 0.2) is 42.5 Å². The summed E-state index contributed by atoms with van der Waals surface area (Å²) in [4.78, 5) is 4.33. The Bertz CT molecular complexity index is 813. The summed E-state index contributed by atoms with van der Waals surface area (Å²) >= 11 is 5.84. The van der Waals surface area contributed by atoms with Gasteiger partial charge in [-0.15, -0.1) is 0 Å². The van der Waals surface area contributed by atoms with Crippen molar-refractivity contribution >= 4 is 39.7 Å². The van der Waals surface area contributed by atoms with E-state index in [4.69, 9.17) is 17.3 Å². The summed E-state index contributed by atoms with van der Waals surface area (Å²) < 4.78 is 26.7. The van der Waals surface area contributed by atoms with Crippen LogP contribution in [-0.4, -0.2) is 4.98 Å². The molecule has 1 heterocycles. The fraction of sp³-hybridized carbons (Fsp3) is 0. The summed E-state index contributed by atoms with van der Waals surface area (Å²) in [5, 5.41) is 3.58. The first-order valence-corrected chi connectivity index (χ1v) is 6.48. The number of benzene rings is 2. The van der Waals surface area contributed by atoms with Gasteiger partial charge in [-0.1, -0.05) is 11.6 Å². The average molecular weight is 306 g/mol. The number of anilines is 3. The summed E-state index contributed by atoms with van der Waals surface area (Å²) in [7, 11) is 0. The molecule has 3 aromatic rings. The third kappa shape index (κ3) is 2.73. The quantitative estimate of drug-likeness (QED) is 0.686. The van der Waals surface area contributed by atoms with Gasteiger partial charge in [0.15, 0.2) is 5.82 Å². The van der Waals surface area contributed by atoms with Crippen molar-refractivity contribution in [2.24, 2.45) is 0 Å². The molecule has 0 aliphatic rings. The number of nitrogens with two attached hydrogens (primary N) is 1. The van der Waals surface area contributed by atoms with E-state index in [2.05, 4.69) is 10.3 Å². The van der Waals surface area contributed by atoms with Crippen LogP contribution in [0.1, 0.15) is 0 Å². The lowest BCUT2D eigenvalue weighted by molar-refractivity contribution is 0.586. The molecule has 0 spiro atoms. The number of nitrogens with zero attached hydrogens (tertiary/aromatic N) is 1. The van der Waals surface area contributed by atoms with Crippen molar-refractivity contribution in [1.82, 2.24) is 4.98 Å². The van der Waals surface area contributed by atoms with Crippen LogP contribution < -0.4 is 11.1 Å². The maximum atomic E-state index is 13.7. The van der Waals surface area contributed by atoms with Gasteiger partial charge in [0.2, 0.25) is 0 Å². The standard InChI is InChI=1S/C15H10ClF2N3/c16-11-6-9(17)7-12(18)15(11)21-14-4-1-8-5-10(19)2-3-13(8)20-14/h1-7H,19H2,(H,20,21). The highest BCUT2D eigenvalue weighted by Crippen LogP contribution is 2.29. The van der Waals surface area contributed by atoms with Crippen LogP contribution in [0.3, 0.4) is 0 Å². The van der Waals surface area contributed by atoms with Gasteiger partial charge in [0.25, 0.3) is 0 Å². The molecule has 0 unspecified atom stereocenters. The van der Waals surface area contributed by atoms with Crippen molar-refractivity contribution in [2.45, 2.75) is 0 Å². The zero-order valence-corrected chi connectivity index (χ0v) is 11.5. The summed E-state index contributed by atoms with van der Waals surface area (Å²) in [6, 6.07) is 10.5. The molecule has 3 rings (SSSR count). The number of pyridine rings is 1. The number of nitrogens with one attached hydrogen (secondary N) is 1. The van der Waals surface area contributed by atoms with E-state index >= 15 is 0 Å². The van der Waals surface area contributed by atoms with E-state index < -0.39 is 11.6 Å². The third-order valence-corrected chi connectivity index (χ3v) is 3.27. The lowest BCUT2D eigenvalue weighted by Crippen LogP contribution is -1.98. The van der Waals surface area contributed by atoms with Crippen molar-refractivity contribution in [3.63, 3.8) is 0 Å². The molecule has 0 amide bonds. The summed E-state index contributed by atoms with van der Waals surface area (Å²) in [5.74, 6) is -1.11. The van der Waals surface area contributed by atoms with Crippen LogP contribution in [0.5, 0.6) is 0 Å². The highest BCUT2D eigenvalue weighted by atomic mass is 35.5. The predicted molar refractivity (Wildman–Crippen MR) is 80.8 cm³/mol. The van der Waals surface area contributed by atoms with Crippen molar-refractivity contribution in [1.29, 1.82) is 0 Å². The summed E-state index contributed by atoms with van der Waals surface area (Å²) in [5.41, 5.74) is 7.02. The molecular weight excluding hydrogens is 296 g/mol. The van der Waals surface area contributed by atoms with Gasteiger partial charge in [0, 0.05) is 17.1 Å².